The second-order valence-electron chi connectivity index (χ2n) is 4.72. The lowest BCUT2D eigenvalue weighted by Gasteiger charge is -2.07. The predicted molar refractivity (Wildman–Crippen MR) is 64.2 cm³/mol. The molecule has 1 aliphatic carbocycles. The van der Waals surface area contributed by atoms with E-state index in [0.717, 1.165) is 36.9 Å². The van der Waals surface area contributed by atoms with Gasteiger partial charge in [0, 0.05) is 11.1 Å². The second-order valence-corrected chi connectivity index (χ2v) is 4.72. The zero-order chi connectivity index (χ0) is 11.0. The summed E-state index contributed by atoms with van der Waals surface area (Å²) in [6.45, 7) is 0. The van der Waals surface area contributed by atoms with Crippen molar-refractivity contribution in [2.45, 2.75) is 31.3 Å². The van der Waals surface area contributed by atoms with Gasteiger partial charge < -0.3 is 5.11 Å². The van der Waals surface area contributed by atoms with E-state index in [0.29, 0.717) is 0 Å². The molecular weight excluding hydrogens is 198 g/mol. The minimum atomic E-state index is -0.368. The summed E-state index contributed by atoms with van der Waals surface area (Å²) in [5.74, 6) is 0. The van der Waals surface area contributed by atoms with Crippen molar-refractivity contribution in [2.75, 3.05) is 0 Å². The maximum Gasteiger partial charge on any atom is 0.0705 e. The molecule has 0 atom stereocenters. The van der Waals surface area contributed by atoms with E-state index in [1.807, 2.05) is 18.2 Å². The first-order valence-electron chi connectivity index (χ1n) is 5.82. The number of aromatic nitrogens is 1. The second kappa shape index (κ2) is 3.56. The van der Waals surface area contributed by atoms with Crippen LogP contribution in [0.25, 0.3) is 10.9 Å². The van der Waals surface area contributed by atoms with Gasteiger partial charge in [-0.2, -0.15) is 0 Å². The average molecular weight is 213 g/mol. The molecule has 1 fully saturated rings. The molecule has 2 heteroatoms. The van der Waals surface area contributed by atoms with Gasteiger partial charge in [-0.15, -0.1) is 0 Å². The van der Waals surface area contributed by atoms with Crippen LogP contribution in [0.3, 0.4) is 0 Å². The quantitative estimate of drug-likeness (QED) is 0.850. The third kappa shape index (κ3) is 1.93. The maximum absolute atomic E-state index is 9.78. The minimum Gasteiger partial charge on any atom is -0.390 e. The van der Waals surface area contributed by atoms with E-state index < -0.39 is 0 Å². The fraction of sp³-hybridized carbons (Fsp3) is 0.357. The number of fused-ring (bicyclic) bond motifs is 1. The van der Waals surface area contributed by atoms with Gasteiger partial charge in [0.05, 0.1) is 11.1 Å². The first kappa shape index (κ1) is 9.79. The topological polar surface area (TPSA) is 33.1 Å². The molecule has 0 unspecified atom stereocenters. The number of para-hydroxylation sites is 1. The molecule has 1 aromatic carbocycles. The van der Waals surface area contributed by atoms with Crippen molar-refractivity contribution >= 4 is 10.9 Å². The fourth-order valence-corrected chi connectivity index (χ4v) is 2.00. The summed E-state index contributed by atoms with van der Waals surface area (Å²) in [7, 11) is 0. The summed E-state index contributed by atoms with van der Waals surface area (Å²) < 4.78 is 0. The molecule has 2 aromatic rings. The molecule has 16 heavy (non-hydrogen) atoms. The van der Waals surface area contributed by atoms with Crippen molar-refractivity contribution < 1.29 is 5.11 Å². The molecule has 3 rings (SSSR count). The van der Waals surface area contributed by atoms with Gasteiger partial charge in [0.15, 0.2) is 0 Å². The number of pyridine rings is 1. The Labute approximate surface area is 94.9 Å². The Hall–Kier alpha value is -1.41. The summed E-state index contributed by atoms with van der Waals surface area (Å²) in [5.41, 5.74) is 1.76. The highest BCUT2D eigenvalue weighted by Crippen LogP contribution is 2.39. The van der Waals surface area contributed by atoms with Gasteiger partial charge in [0.2, 0.25) is 0 Å². The third-order valence-corrected chi connectivity index (χ3v) is 3.33. The van der Waals surface area contributed by atoms with Crippen molar-refractivity contribution in [3.8, 4) is 0 Å². The lowest BCUT2D eigenvalue weighted by molar-refractivity contribution is 0.140. The molecule has 2 nitrogen and oxygen atoms in total. The van der Waals surface area contributed by atoms with Gasteiger partial charge in [-0.25, -0.2) is 0 Å². The van der Waals surface area contributed by atoms with Crippen LogP contribution >= 0.6 is 0 Å². The highest BCUT2D eigenvalue weighted by molar-refractivity contribution is 5.78. The molecule has 0 spiro atoms. The molecule has 0 bridgehead atoms. The molecule has 0 amide bonds. The Morgan fingerprint density at radius 1 is 1.12 bits per heavy atom. The van der Waals surface area contributed by atoms with Crippen molar-refractivity contribution in [2.24, 2.45) is 0 Å². The Bertz CT molecular complexity index is 517. The number of benzene rings is 1. The number of aliphatic hydroxyl groups is 1. The monoisotopic (exact) mass is 213 g/mol. The number of nitrogens with zero attached hydrogens (tertiary/aromatic N) is 1. The van der Waals surface area contributed by atoms with Crippen LogP contribution in [-0.4, -0.2) is 15.7 Å². The van der Waals surface area contributed by atoms with Crippen molar-refractivity contribution in [1.29, 1.82) is 0 Å². The predicted octanol–water partition coefficient (Wildman–Crippen LogP) is 2.69. The molecule has 1 aromatic heterocycles. The molecule has 0 saturated heterocycles. The zero-order valence-corrected chi connectivity index (χ0v) is 9.19. The van der Waals surface area contributed by atoms with E-state index in [9.17, 15) is 5.11 Å². The van der Waals surface area contributed by atoms with E-state index in [2.05, 4.69) is 23.2 Å². The fourth-order valence-electron chi connectivity index (χ4n) is 2.00. The van der Waals surface area contributed by atoms with E-state index in [1.165, 1.54) is 5.39 Å². The van der Waals surface area contributed by atoms with Gasteiger partial charge in [-0.05, 0) is 37.8 Å². The van der Waals surface area contributed by atoms with Crippen LogP contribution in [0.4, 0.5) is 0 Å². The lowest BCUT2D eigenvalue weighted by Crippen LogP contribution is -2.08. The van der Waals surface area contributed by atoms with E-state index in [-0.39, 0.29) is 5.60 Å². The van der Waals surface area contributed by atoms with Gasteiger partial charge in [-0.3, -0.25) is 4.98 Å². The van der Waals surface area contributed by atoms with Crippen molar-refractivity contribution in [1.82, 2.24) is 4.98 Å². The summed E-state index contributed by atoms with van der Waals surface area (Å²) in [5, 5.41) is 11.0. The standard InChI is InChI=1S/C14H15NO/c16-14(9-10-14)8-7-12-6-5-11-3-1-2-4-13(11)15-12/h1-6,16H,7-10H2. The van der Waals surface area contributed by atoms with Crippen LogP contribution in [0.15, 0.2) is 36.4 Å². The summed E-state index contributed by atoms with van der Waals surface area (Å²) >= 11 is 0. The van der Waals surface area contributed by atoms with Gasteiger partial charge >= 0.3 is 0 Å². The average Bonchev–Trinajstić information content (AvgIpc) is 3.05. The smallest absolute Gasteiger partial charge is 0.0705 e. The van der Waals surface area contributed by atoms with Gasteiger partial charge in [-0.1, -0.05) is 24.3 Å². The highest BCUT2D eigenvalue weighted by Gasteiger charge is 2.39. The van der Waals surface area contributed by atoms with E-state index >= 15 is 0 Å². The molecule has 1 heterocycles. The van der Waals surface area contributed by atoms with Crippen LogP contribution in [0.1, 0.15) is 25.0 Å². The van der Waals surface area contributed by atoms with Crippen molar-refractivity contribution in [3.63, 3.8) is 0 Å². The lowest BCUT2D eigenvalue weighted by atomic mass is 10.1. The van der Waals surface area contributed by atoms with Crippen LogP contribution in [0.2, 0.25) is 0 Å². The Morgan fingerprint density at radius 3 is 2.75 bits per heavy atom. The number of aryl methyl sites for hydroxylation is 1. The molecule has 0 radical (unpaired) electrons. The zero-order valence-electron chi connectivity index (χ0n) is 9.19. The molecule has 1 aliphatic rings. The molecular formula is C14H15NO. The SMILES string of the molecule is OC1(CCc2ccc3ccccc3n2)CC1. The number of rotatable bonds is 3. The molecule has 82 valence electrons. The Balaban J connectivity index is 1.81. The molecule has 1 saturated carbocycles. The van der Waals surface area contributed by atoms with Crippen molar-refractivity contribution in [3.05, 3.63) is 42.1 Å². The summed E-state index contributed by atoms with van der Waals surface area (Å²) in [6, 6.07) is 12.3. The van der Waals surface area contributed by atoms with Crippen LogP contribution < -0.4 is 0 Å². The first-order chi connectivity index (χ1) is 7.75. The van der Waals surface area contributed by atoms with Crippen LogP contribution in [0.5, 0.6) is 0 Å². The molecule has 0 aliphatic heterocycles. The molecule has 1 N–H and O–H groups in total. The van der Waals surface area contributed by atoms with E-state index in [1.54, 1.807) is 0 Å². The van der Waals surface area contributed by atoms with Gasteiger partial charge in [0.1, 0.15) is 0 Å². The normalized spacial score (nSPS) is 17.6. The summed E-state index contributed by atoms with van der Waals surface area (Å²) in [4.78, 5) is 4.59. The van der Waals surface area contributed by atoms with E-state index in [4.69, 9.17) is 0 Å². The number of hydrogen-bond acceptors (Lipinski definition) is 2. The van der Waals surface area contributed by atoms with Crippen LogP contribution in [-0.2, 0) is 6.42 Å². The summed E-state index contributed by atoms with van der Waals surface area (Å²) in [6.07, 6.45) is 3.64. The third-order valence-electron chi connectivity index (χ3n) is 3.33. The minimum absolute atomic E-state index is 0.368. The van der Waals surface area contributed by atoms with Crippen LogP contribution in [0, 0.1) is 0 Å². The largest absolute Gasteiger partial charge is 0.390 e. The Morgan fingerprint density at radius 2 is 1.94 bits per heavy atom. The first-order valence-corrected chi connectivity index (χ1v) is 5.82. The maximum atomic E-state index is 9.78. The Kier molecular flexibility index (Phi) is 2.18. The van der Waals surface area contributed by atoms with Gasteiger partial charge in [0.25, 0.3) is 0 Å². The number of hydrogen-bond donors (Lipinski definition) is 1. The highest BCUT2D eigenvalue weighted by atomic mass is 16.3.